The van der Waals surface area contributed by atoms with Crippen LogP contribution in [0.1, 0.15) is 34.0 Å². The summed E-state index contributed by atoms with van der Waals surface area (Å²) in [6.45, 7) is 5.60. The van der Waals surface area contributed by atoms with Gasteiger partial charge in [0.05, 0.1) is 0 Å². The third-order valence-corrected chi connectivity index (χ3v) is 4.95. The van der Waals surface area contributed by atoms with Crippen LogP contribution in [0.2, 0.25) is 0 Å². The monoisotopic (exact) mass is 409 g/mol. The fourth-order valence-electron chi connectivity index (χ4n) is 3.11. The van der Waals surface area contributed by atoms with Gasteiger partial charge >= 0.3 is 0 Å². The van der Waals surface area contributed by atoms with Crippen LogP contribution < -0.4 is 10.6 Å². The molecule has 0 aromatic heterocycles. The first-order chi connectivity index (χ1) is 14.4. The average Bonchev–Trinajstić information content (AvgIpc) is 2.75. The van der Waals surface area contributed by atoms with E-state index in [1.165, 1.54) is 11.1 Å². The molecule has 6 heteroatoms. The number of hydrogen-bond donors (Lipinski definition) is 2. The summed E-state index contributed by atoms with van der Waals surface area (Å²) in [7, 11) is 7.44. The van der Waals surface area contributed by atoms with E-state index >= 15 is 0 Å². The lowest BCUT2D eigenvalue weighted by molar-refractivity contribution is 0.0827. The van der Waals surface area contributed by atoms with Gasteiger partial charge in [-0.3, -0.25) is 9.79 Å². The molecule has 0 saturated carbocycles. The molecule has 0 radical (unpaired) electrons. The predicted molar refractivity (Wildman–Crippen MR) is 125 cm³/mol. The van der Waals surface area contributed by atoms with Crippen LogP contribution in [0, 0.1) is 0 Å². The van der Waals surface area contributed by atoms with Gasteiger partial charge in [0.2, 0.25) is 0 Å². The van der Waals surface area contributed by atoms with Gasteiger partial charge in [-0.05, 0) is 48.8 Å². The van der Waals surface area contributed by atoms with E-state index < -0.39 is 0 Å². The molecular formula is C24H35N5O. The molecule has 0 aliphatic carbocycles. The lowest BCUT2D eigenvalue weighted by atomic mass is 10.1. The van der Waals surface area contributed by atoms with Gasteiger partial charge in [0.15, 0.2) is 5.96 Å². The van der Waals surface area contributed by atoms with E-state index in [2.05, 4.69) is 58.8 Å². The second-order valence-corrected chi connectivity index (χ2v) is 7.65. The summed E-state index contributed by atoms with van der Waals surface area (Å²) in [5.41, 5.74) is 4.38. The number of benzene rings is 2. The van der Waals surface area contributed by atoms with Crippen molar-refractivity contribution >= 4 is 11.9 Å². The van der Waals surface area contributed by atoms with Crippen molar-refractivity contribution in [2.45, 2.75) is 26.4 Å². The van der Waals surface area contributed by atoms with Crippen molar-refractivity contribution in [3.8, 4) is 0 Å². The van der Waals surface area contributed by atoms with E-state index in [1.54, 1.807) is 26.0 Å². The molecule has 2 aromatic carbocycles. The quantitative estimate of drug-likeness (QED) is 0.494. The maximum atomic E-state index is 12.1. The van der Waals surface area contributed by atoms with Gasteiger partial charge in [-0.15, -0.1) is 0 Å². The Morgan fingerprint density at radius 3 is 2.37 bits per heavy atom. The fourth-order valence-corrected chi connectivity index (χ4v) is 3.11. The topological polar surface area (TPSA) is 60.0 Å². The largest absolute Gasteiger partial charge is 0.356 e. The van der Waals surface area contributed by atoms with E-state index in [0.717, 1.165) is 44.1 Å². The average molecular weight is 410 g/mol. The smallest absolute Gasteiger partial charge is 0.253 e. The Morgan fingerprint density at radius 2 is 1.67 bits per heavy atom. The normalized spacial score (nSPS) is 11.5. The van der Waals surface area contributed by atoms with Crippen molar-refractivity contribution < 1.29 is 4.79 Å². The van der Waals surface area contributed by atoms with Crippen LogP contribution >= 0.6 is 0 Å². The number of nitrogens with one attached hydrogen (secondary N) is 2. The third-order valence-electron chi connectivity index (χ3n) is 4.95. The van der Waals surface area contributed by atoms with Gasteiger partial charge in [0.1, 0.15) is 0 Å². The molecule has 0 bridgehead atoms. The minimum absolute atomic E-state index is 0.0228. The van der Waals surface area contributed by atoms with E-state index in [9.17, 15) is 4.79 Å². The standard InChI is InChI=1S/C24H35N5O/c1-6-29(5)18-21-11-7-10-20(15-21)17-27-24(25-2)26-14-13-19-9-8-12-22(16-19)23(30)28(3)4/h7-12,15-16H,6,13-14,17-18H2,1-5H3,(H2,25,26,27). The molecule has 0 spiro atoms. The van der Waals surface area contributed by atoms with Crippen molar-refractivity contribution in [2.75, 3.05) is 41.3 Å². The SMILES string of the molecule is CCN(C)Cc1cccc(CNC(=NC)NCCc2cccc(C(=O)N(C)C)c2)c1. The molecule has 0 saturated heterocycles. The van der Waals surface area contributed by atoms with Gasteiger partial charge in [0, 0.05) is 46.3 Å². The summed E-state index contributed by atoms with van der Waals surface area (Å²) in [4.78, 5) is 20.3. The van der Waals surface area contributed by atoms with Gasteiger partial charge in [-0.2, -0.15) is 0 Å². The summed E-state index contributed by atoms with van der Waals surface area (Å²) in [6, 6.07) is 16.4. The van der Waals surface area contributed by atoms with Crippen molar-refractivity contribution in [1.82, 2.24) is 20.4 Å². The first kappa shape index (κ1) is 23.4. The van der Waals surface area contributed by atoms with Gasteiger partial charge < -0.3 is 20.4 Å². The van der Waals surface area contributed by atoms with Gasteiger partial charge in [0.25, 0.3) is 5.91 Å². The van der Waals surface area contributed by atoms with Crippen LogP contribution in [0.15, 0.2) is 53.5 Å². The Labute approximate surface area is 181 Å². The summed E-state index contributed by atoms with van der Waals surface area (Å²) < 4.78 is 0. The number of guanidine groups is 1. The molecule has 2 rings (SSSR count). The van der Waals surface area contributed by atoms with Crippen LogP contribution in [0.4, 0.5) is 0 Å². The van der Waals surface area contributed by atoms with Crippen LogP contribution in [0.25, 0.3) is 0 Å². The number of carbonyl (C=O) groups excluding carboxylic acids is 1. The van der Waals surface area contributed by atoms with Crippen LogP contribution in [-0.2, 0) is 19.5 Å². The Hall–Kier alpha value is -2.86. The lowest BCUT2D eigenvalue weighted by Crippen LogP contribution is -2.37. The summed E-state index contributed by atoms with van der Waals surface area (Å²) >= 11 is 0. The summed E-state index contributed by atoms with van der Waals surface area (Å²) in [5, 5.41) is 6.73. The zero-order valence-corrected chi connectivity index (χ0v) is 18.9. The van der Waals surface area contributed by atoms with E-state index in [0.29, 0.717) is 5.56 Å². The molecular weight excluding hydrogens is 374 g/mol. The summed E-state index contributed by atoms with van der Waals surface area (Å²) in [5.74, 6) is 0.793. The zero-order valence-electron chi connectivity index (χ0n) is 18.9. The number of amides is 1. The maximum absolute atomic E-state index is 12.1. The highest BCUT2D eigenvalue weighted by Crippen LogP contribution is 2.09. The Balaban J connectivity index is 1.84. The van der Waals surface area contributed by atoms with E-state index in [1.807, 2.05) is 24.3 Å². The highest BCUT2D eigenvalue weighted by atomic mass is 16.2. The summed E-state index contributed by atoms with van der Waals surface area (Å²) in [6.07, 6.45) is 0.814. The van der Waals surface area contributed by atoms with E-state index in [4.69, 9.17) is 0 Å². The Kier molecular flexibility index (Phi) is 9.35. The number of carbonyl (C=O) groups is 1. The number of rotatable bonds is 9. The highest BCUT2D eigenvalue weighted by Gasteiger charge is 2.08. The van der Waals surface area contributed by atoms with Crippen molar-refractivity contribution in [2.24, 2.45) is 4.99 Å². The Morgan fingerprint density at radius 1 is 0.967 bits per heavy atom. The van der Waals surface area contributed by atoms with E-state index in [-0.39, 0.29) is 5.91 Å². The van der Waals surface area contributed by atoms with Crippen LogP contribution in [0.3, 0.4) is 0 Å². The minimum atomic E-state index is 0.0228. The number of nitrogens with zero attached hydrogens (tertiary/aromatic N) is 3. The van der Waals surface area contributed by atoms with Crippen LogP contribution in [0.5, 0.6) is 0 Å². The number of hydrogen-bond acceptors (Lipinski definition) is 3. The molecule has 0 aliphatic rings. The molecule has 2 N–H and O–H groups in total. The second-order valence-electron chi connectivity index (χ2n) is 7.65. The predicted octanol–water partition coefficient (Wildman–Crippen LogP) is 2.75. The number of aliphatic imine (C=N–C) groups is 1. The van der Waals surface area contributed by atoms with Crippen LogP contribution in [-0.4, -0.2) is 62.9 Å². The molecule has 0 atom stereocenters. The molecule has 0 heterocycles. The van der Waals surface area contributed by atoms with Gasteiger partial charge in [-0.25, -0.2) is 0 Å². The molecule has 30 heavy (non-hydrogen) atoms. The molecule has 0 fully saturated rings. The third kappa shape index (κ3) is 7.52. The molecule has 162 valence electrons. The fraction of sp³-hybridized carbons (Fsp3) is 0.417. The highest BCUT2D eigenvalue weighted by molar-refractivity contribution is 5.94. The lowest BCUT2D eigenvalue weighted by Gasteiger charge is -2.15. The maximum Gasteiger partial charge on any atom is 0.253 e. The van der Waals surface area contributed by atoms with Gasteiger partial charge in [-0.1, -0.05) is 43.3 Å². The first-order valence-corrected chi connectivity index (χ1v) is 10.4. The minimum Gasteiger partial charge on any atom is -0.356 e. The molecule has 6 nitrogen and oxygen atoms in total. The van der Waals surface area contributed by atoms with Crippen molar-refractivity contribution in [3.63, 3.8) is 0 Å². The molecule has 0 aliphatic heterocycles. The Bertz CT molecular complexity index is 847. The zero-order chi connectivity index (χ0) is 21.9. The second kappa shape index (κ2) is 12.0. The molecule has 1 amide bonds. The molecule has 0 unspecified atom stereocenters. The van der Waals surface area contributed by atoms with Crippen molar-refractivity contribution in [3.05, 3.63) is 70.8 Å². The van der Waals surface area contributed by atoms with Crippen molar-refractivity contribution in [1.29, 1.82) is 0 Å². The first-order valence-electron chi connectivity index (χ1n) is 10.4. The molecule has 2 aromatic rings.